The minimum absolute atomic E-state index is 0.378. The molecule has 0 spiro atoms. The van der Waals surface area contributed by atoms with E-state index in [0.717, 1.165) is 27.5 Å². The highest BCUT2D eigenvalue weighted by molar-refractivity contribution is 6.93. The summed E-state index contributed by atoms with van der Waals surface area (Å²) < 4.78 is 5.68. The molecule has 0 saturated carbocycles. The molecule has 0 amide bonds. The summed E-state index contributed by atoms with van der Waals surface area (Å²) in [5, 5.41) is 1.09. The van der Waals surface area contributed by atoms with Gasteiger partial charge in [-0.25, -0.2) is 0 Å². The largest absolute Gasteiger partial charge is 0.417 e. The van der Waals surface area contributed by atoms with Gasteiger partial charge in [0.15, 0.2) is 5.76 Å². The fourth-order valence-corrected chi connectivity index (χ4v) is 4.67. The second-order valence-corrected chi connectivity index (χ2v) is 13.2. The molecule has 154 valence electrons. The number of hydrogen-bond donors (Lipinski definition) is 0. The van der Waals surface area contributed by atoms with Gasteiger partial charge in [0.2, 0.25) is 0 Å². The highest BCUT2D eigenvalue weighted by Gasteiger charge is 2.22. The fraction of sp³-hybridized carbons (Fsp3) is 0.143. The van der Waals surface area contributed by atoms with Crippen LogP contribution in [-0.2, 0) is 9.53 Å². The maximum Gasteiger partial charge on any atom is 0.308 e. The molecule has 0 radical (unpaired) electrons. The van der Waals surface area contributed by atoms with Gasteiger partial charge in [0.1, 0.15) is 0 Å². The zero-order valence-corrected chi connectivity index (χ0v) is 19.4. The SMILES string of the molecule is CC(=O)OC(=C=C(c1ccccc1)[Si](C)(C)C)c1ccccc1C#Cc1ccccc1. The average Bonchev–Trinajstić information content (AvgIpc) is 2.75. The molecule has 0 bridgehead atoms. The third-order valence-electron chi connectivity index (χ3n) is 4.58. The number of carbonyl (C=O) groups excluding carboxylic acids is 1. The zero-order chi connectivity index (χ0) is 22.3. The Bertz CT molecular complexity index is 1180. The Labute approximate surface area is 185 Å². The maximum atomic E-state index is 12.0. The summed E-state index contributed by atoms with van der Waals surface area (Å²) >= 11 is 0. The topological polar surface area (TPSA) is 26.3 Å². The number of hydrogen-bond acceptors (Lipinski definition) is 2. The van der Waals surface area contributed by atoms with Crippen LogP contribution in [0.3, 0.4) is 0 Å². The van der Waals surface area contributed by atoms with Crippen LogP contribution >= 0.6 is 0 Å². The van der Waals surface area contributed by atoms with E-state index in [0.29, 0.717) is 5.76 Å². The highest BCUT2D eigenvalue weighted by Crippen LogP contribution is 2.28. The van der Waals surface area contributed by atoms with E-state index in [4.69, 9.17) is 4.74 Å². The zero-order valence-electron chi connectivity index (χ0n) is 18.4. The van der Waals surface area contributed by atoms with Gasteiger partial charge in [0, 0.05) is 23.6 Å². The van der Waals surface area contributed by atoms with Gasteiger partial charge in [-0.1, -0.05) is 97.9 Å². The van der Waals surface area contributed by atoms with Crippen molar-refractivity contribution in [1.29, 1.82) is 0 Å². The summed E-state index contributed by atoms with van der Waals surface area (Å²) in [7, 11) is -1.81. The third-order valence-corrected chi connectivity index (χ3v) is 6.50. The molecular formula is C28H26O2Si. The van der Waals surface area contributed by atoms with Crippen molar-refractivity contribution in [2.45, 2.75) is 26.6 Å². The van der Waals surface area contributed by atoms with Gasteiger partial charge < -0.3 is 4.74 Å². The van der Waals surface area contributed by atoms with Crippen molar-refractivity contribution >= 4 is 25.0 Å². The molecule has 3 heteroatoms. The molecule has 0 aliphatic heterocycles. The first kappa shape index (κ1) is 22.1. The molecule has 3 aromatic rings. The van der Waals surface area contributed by atoms with Crippen LogP contribution < -0.4 is 0 Å². The number of ether oxygens (including phenoxy) is 1. The smallest absolute Gasteiger partial charge is 0.308 e. The predicted molar refractivity (Wildman–Crippen MR) is 131 cm³/mol. The molecule has 0 atom stereocenters. The summed E-state index contributed by atoms with van der Waals surface area (Å²) in [6, 6.07) is 27.7. The lowest BCUT2D eigenvalue weighted by Crippen LogP contribution is -2.22. The van der Waals surface area contributed by atoms with Crippen molar-refractivity contribution in [3.8, 4) is 11.8 Å². The number of carbonyl (C=O) groups is 1. The van der Waals surface area contributed by atoms with Crippen LogP contribution in [0.4, 0.5) is 0 Å². The Hall–Kier alpha value is -3.57. The molecule has 3 rings (SSSR count). The Morgan fingerprint density at radius 2 is 1.35 bits per heavy atom. The molecule has 0 aliphatic carbocycles. The summed E-state index contributed by atoms with van der Waals surface area (Å²) in [5.41, 5.74) is 7.05. The van der Waals surface area contributed by atoms with Gasteiger partial charge >= 0.3 is 5.97 Å². The molecule has 31 heavy (non-hydrogen) atoms. The van der Waals surface area contributed by atoms with Gasteiger partial charge in [-0.15, -0.1) is 0 Å². The molecule has 0 fully saturated rings. The van der Waals surface area contributed by atoms with Crippen molar-refractivity contribution in [2.75, 3.05) is 0 Å². The molecule has 3 aromatic carbocycles. The van der Waals surface area contributed by atoms with Gasteiger partial charge in [-0.3, -0.25) is 4.79 Å². The van der Waals surface area contributed by atoms with E-state index >= 15 is 0 Å². The van der Waals surface area contributed by atoms with Gasteiger partial charge in [-0.05, 0) is 35.0 Å². The second-order valence-electron chi connectivity index (χ2n) is 8.20. The van der Waals surface area contributed by atoms with Crippen LogP contribution in [0.25, 0.3) is 11.0 Å². The van der Waals surface area contributed by atoms with E-state index in [1.807, 2.05) is 72.8 Å². The molecular weight excluding hydrogens is 396 g/mol. The van der Waals surface area contributed by atoms with Crippen LogP contribution in [0.1, 0.15) is 29.2 Å². The predicted octanol–water partition coefficient (Wildman–Crippen LogP) is 6.55. The van der Waals surface area contributed by atoms with Crippen LogP contribution in [0, 0.1) is 11.8 Å². The Morgan fingerprint density at radius 1 is 0.774 bits per heavy atom. The molecule has 0 saturated heterocycles. The van der Waals surface area contributed by atoms with E-state index in [9.17, 15) is 4.79 Å². The Balaban J connectivity index is 2.24. The van der Waals surface area contributed by atoms with Crippen molar-refractivity contribution in [1.82, 2.24) is 0 Å². The summed E-state index contributed by atoms with van der Waals surface area (Å²) in [5.74, 6) is 6.46. The van der Waals surface area contributed by atoms with Crippen molar-refractivity contribution in [2.24, 2.45) is 0 Å². The quantitative estimate of drug-likeness (QED) is 0.157. The molecule has 2 nitrogen and oxygen atoms in total. The first-order valence-electron chi connectivity index (χ1n) is 10.3. The first-order chi connectivity index (χ1) is 14.8. The van der Waals surface area contributed by atoms with Crippen LogP contribution in [0.5, 0.6) is 0 Å². The normalized spacial score (nSPS) is 10.3. The standard InChI is InChI=1S/C28H26O2Si/c1-22(29)30-27(21-28(31(2,3)4)25-16-9-6-10-17-25)26-18-12-11-15-24(26)20-19-23-13-7-5-8-14-23/h5-18H,1-4H3. The molecule has 0 heterocycles. The lowest BCUT2D eigenvalue weighted by molar-refractivity contribution is -0.134. The lowest BCUT2D eigenvalue weighted by Gasteiger charge is -2.20. The van der Waals surface area contributed by atoms with Crippen LogP contribution in [0.2, 0.25) is 19.6 Å². The maximum absolute atomic E-state index is 12.0. The number of benzene rings is 3. The van der Waals surface area contributed by atoms with Crippen LogP contribution in [-0.4, -0.2) is 14.0 Å². The second kappa shape index (κ2) is 9.96. The Morgan fingerprint density at radius 3 is 1.97 bits per heavy atom. The van der Waals surface area contributed by atoms with E-state index in [2.05, 4.69) is 49.3 Å². The van der Waals surface area contributed by atoms with Gasteiger partial charge in [0.05, 0.1) is 8.07 Å². The van der Waals surface area contributed by atoms with Crippen molar-refractivity contribution in [3.05, 3.63) is 113 Å². The lowest BCUT2D eigenvalue weighted by atomic mass is 10.1. The first-order valence-corrected chi connectivity index (χ1v) is 13.8. The van der Waals surface area contributed by atoms with Crippen molar-refractivity contribution < 1.29 is 9.53 Å². The molecule has 0 aromatic heterocycles. The van der Waals surface area contributed by atoms with Crippen molar-refractivity contribution in [3.63, 3.8) is 0 Å². The van der Waals surface area contributed by atoms with E-state index in [1.54, 1.807) is 0 Å². The van der Waals surface area contributed by atoms with E-state index in [-0.39, 0.29) is 5.97 Å². The minimum atomic E-state index is -1.81. The Kier molecular flexibility index (Phi) is 7.10. The third kappa shape index (κ3) is 6.20. The van der Waals surface area contributed by atoms with E-state index in [1.165, 1.54) is 6.92 Å². The highest BCUT2D eigenvalue weighted by atomic mass is 28.3. The minimum Gasteiger partial charge on any atom is -0.417 e. The van der Waals surface area contributed by atoms with Gasteiger partial charge in [-0.2, -0.15) is 0 Å². The molecule has 0 N–H and O–H groups in total. The summed E-state index contributed by atoms with van der Waals surface area (Å²) in [4.78, 5) is 12.0. The average molecular weight is 423 g/mol. The van der Waals surface area contributed by atoms with Crippen LogP contribution in [0.15, 0.2) is 90.7 Å². The molecule has 0 aliphatic rings. The monoisotopic (exact) mass is 422 g/mol. The summed E-state index contributed by atoms with van der Waals surface area (Å²) in [6.45, 7) is 8.19. The number of esters is 1. The molecule has 0 unspecified atom stereocenters. The van der Waals surface area contributed by atoms with Gasteiger partial charge in [0.25, 0.3) is 0 Å². The number of rotatable bonds is 4. The fourth-order valence-electron chi connectivity index (χ4n) is 3.15. The van der Waals surface area contributed by atoms with E-state index < -0.39 is 8.07 Å². The summed E-state index contributed by atoms with van der Waals surface area (Å²) in [6.07, 6.45) is 0.